The molecule has 8 aromatic rings. The Kier molecular flexibility index (Phi) is 18.5. The summed E-state index contributed by atoms with van der Waals surface area (Å²) >= 11 is 9.77. The average Bonchev–Trinajstić information content (AvgIpc) is 4.05. The number of aromatic nitrogens is 2. The number of thiophene rings is 2. The largest absolute Gasteiger partial charge is 0.488 e. The zero-order valence-electron chi connectivity index (χ0n) is 36.0. The Morgan fingerprint density at radius 2 is 1.02 bits per heavy atom. The van der Waals surface area contributed by atoms with Crippen molar-refractivity contribution in [3.63, 3.8) is 0 Å². The van der Waals surface area contributed by atoms with Crippen molar-refractivity contribution < 1.29 is 19.6 Å². The highest BCUT2D eigenvalue weighted by Gasteiger charge is 2.12. The lowest BCUT2D eigenvalue weighted by molar-refractivity contribution is -0.117. The van der Waals surface area contributed by atoms with Crippen LogP contribution in [0.1, 0.15) is 75.6 Å². The molecular weight excluding hydrogens is 944 g/mol. The molecule has 10 nitrogen and oxygen atoms in total. The standard InChI is InChI=1S/C24H23N3OS2.C15H14BrN3S2.C9H11BO3/c1-3-4-5-17-8-12-20(13-9-17)26-27-22-15-21-24(30-22)25-23(29-21)19-10-6-18(7-11-19)14-16(2)28;1-2-3-4-10-5-7-11(8-6-10)18-19-13-9-12-14(21-13)17-15(16)20-12;1-7(11)6-8-2-4-9(5-3-8)10(12)13/h6-13,15H,3-5,14H2,1-2H3;5-9H,2-4H2,1H3;2-5,12-13H,6H2,1H3. The molecule has 64 heavy (non-hydrogen) atoms. The average molecular weight is 992 g/mol. The summed E-state index contributed by atoms with van der Waals surface area (Å²) in [5.74, 6) is 0.268. The number of benzene rings is 4. The van der Waals surface area contributed by atoms with Gasteiger partial charge in [-0.05, 0) is 120 Å². The van der Waals surface area contributed by atoms with Gasteiger partial charge in [-0.25, -0.2) is 9.97 Å². The number of azo groups is 2. The van der Waals surface area contributed by atoms with E-state index < -0.39 is 7.12 Å². The summed E-state index contributed by atoms with van der Waals surface area (Å²) < 4.78 is 3.18. The summed E-state index contributed by atoms with van der Waals surface area (Å²) in [5, 5.41) is 37.7. The number of nitrogens with zero attached hydrogens (tertiary/aromatic N) is 6. The maximum absolute atomic E-state index is 11.3. The van der Waals surface area contributed by atoms with Gasteiger partial charge in [-0.2, -0.15) is 0 Å². The van der Waals surface area contributed by atoms with Gasteiger partial charge in [0.15, 0.2) is 3.92 Å². The third-order valence-electron chi connectivity index (χ3n) is 9.55. The SMILES string of the molecule is CC(=O)Cc1ccc(B(O)O)cc1.CCCCc1ccc(N=Nc2cc3sc(-c4ccc(CC(C)=O)cc4)nc3s2)cc1.CCCCc1ccc(N=Nc2cc3sc(Br)nc3s2)cc1. The van der Waals surface area contributed by atoms with E-state index in [0.717, 1.165) is 78.9 Å². The Bertz CT molecular complexity index is 2740. The number of rotatable bonds is 16. The van der Waals surface area contributed by atoms with Gasteiger partial charge in [0.1, 0.15) is 36.2 Å². The van der Waals surface area contributed by atoms with Crippen LogP contribution >= 0.6 is 61.3 Å². The Labute approximate surface area is 398 Å². The molecule has 0 atom stereocenters. The van der Waals surface area contributed by atoms with E-state index in [1.807, 2.05) is 60.7 Å². The number of hydrogen-bond donors (Lipinski definition) is 2. The molecule has 0 unspecified atom stereocenters. The topological polar surface area (TPSA) is 150 Å². The van der Waals surface area contributed by atoms with Crippen LogP contribution in [0.15, 0.2) is 134 Å². The first-order valence-corrected chi connectivity index (χ1v) is 25.0. The Morgan fingerprint density at radius 1 is 0.578 bits per heavy atom. The van der Waals surface area contributed by atoms with E-state index in [9.17, 15) is 9.59 Å². The number of carbonyl (C=O) groups is 2. The van der Waals surface area contributed by atoms with Gasteiger partial charge in [-0.1, -0.05) is 122 Å². The quantitative estimate of drug-likeness (QED) is 0.0727. The molecule has 0 aliphatic carbocycles. The fraction of sp³-hybridized carbons (Fsp3) is 0.250. The van der Waals surface area contributed by atoms with E-state index in [1.54, 1.807) is 76.5 Å². The smallest absolute Gasteiger partial charge is 0.423 e. The summed E-state index contributed by atoms with van der Waals surface area (Å²) in [6.45, 7) is 7.55. The van der Waals surface area contributed by atoms with E-state index in [0.29, 0.717) is 18.3 Å². The third-order valence-corrected chi connectivity index (χ3v) is 14.1. The van der Waals surface area contributed by atoms with Crippen LogP contribution in [0, 0.1) is 0 Å². The van der Waals surface area contributed by atoms with Crippen LogP contribution in [0.4, 0.5) is 21.4 Å². The number of thiazole rings is 2. The van der Waals surface area contributed by atoms with Crippen molar-refractivity contribution in [2.24, 2.45) is 20.5 Å². The van der Waals surface area contributed by atoms with Gasteiger partial charge in [0.05, 0.1) is 20.8 Å². The molecule has 8 rings (SSSR count). The van der Waals surface area contributed by atoms with Crippen molar-refractivity contribution in [2.75, 3.05) is 0 Å². The van der Waals surface area contributed by atoms with E-state index in [2.05, 4.69) is 79.5 Å². The maximum atomic E-state index is 11.3. The first kappa shape index (κ1) is 48.5. The summed E-state index contributed by atoms with van der Waals surface area (Å²) in [4.78, 5) is 33.1. The second-order valence-corrected chi connectivity index (χ2v) is 20.4. The van der Waals surface area contributed by atoms with Crippen molar-refractivity contribution in [1.29, 1.82) is 0 Å². The highest BCUT2D eigenvalue weighted by Crippen LogP contribution is 2.40. The minimum Gasteiger partial charge on any atom is -0.423 e. The first-order valence-electron chi connectivity index (χ1n) is 20.9. The van der Waals surface area contributed by atoms with Crippen molar-refractivity contribution in [1.82, 2.24) is 9.97 Å². The molecule has 328 valence electrons. The Hall–Kier alpha value is -4.94. The minimum atomic E-state index is -1.44. The second-order valence-electron chi connectivity index (χ2n) is 15.0. The number of fused-ring (bicyclic) bond motifs is 2. The fourth-order valence-electron chi connectivity index (χ4n) is 6.22. The first-order chi connectivity index (χ1) is 30.9. The van der Waals surface area contributed by atoms with Crippen LogP contribution in [0.3, 0.4) is 0 Å². The van der Waals surface area contributed by atoms with Crippen molar-refractivity contribution >= 4 is 126 Å². The molecule has 0 spiro atoms. The van der Waals surface area contributed by atoms with E-state index in [-0.39, 0.29) is 11.6 Å². The summed E-state index contributed by atoms with van der Waals surface area (Å²) in [5.41, 5.74) is 7.89. The number of halogens is 1. The van der Waals surface area contributed by atoms with Gasteiger partial charge in [0, 0.05) is 18.4 Å². The molecular formula is C48H48BBrN6O4S4. The monoisotopic (exact) mass is 990 g/mol. The maximum Gasteiger partial charge on any atom is 0.488 e. The zero-order chi connectivity index (χ0) is 45.4. The van der Waals surface area contributed by atoms with Gasteiger partial charge in [-0.15, -0.1) is 43.1 Å². The lowest BCUT2D eigenvalue weighted by Gasteiger charge is -2.00. The molecule has 4 heterocycles. The van der Waals surface area contributed by atoms with E-state index in [1.165, 1.54) is 43.7 Å². The lowest BCUT2D eigenvalue weighted by Crippen LogP contribution is -2.29. The molecule has 0 saturated heterocycles. The highest BCUT2D eigenvalue weighted by atomic mass is 79.9. The van der Waals surface area contributed by atoms with Gasteiger partial charge >= 0.3 is 7.12 Å². The van der Waals surface area contributed by atoms with Gasteiger partial charge in [-0.3, -0.25) is 9.59 Å². The predicted molar refractivity (Wildman–Crippen MR) is 272 cm³/mol. The Balaban J connectivity index is 0.000000174. The Morgan fingerprint density at radius 3 is 1.44 bits per heavy atom. The minimum absolute atomic E-state index is 0.0947. The molecule has 0 fully saturated rings. The van der Waals surface area contributed by atoms with E-state index in [4.69, 9.17) is 15.0 Å². The molecule has 0 aliphatic heterocycles. The predicted octanol–water partition coefficient (Wildman–Crippen LogP) is 14.3. The van der Waals surface area contributed by atoms with Crippen molar-refractivity contribution in [3.05, 3.63) is 135 Å². The second kappa shape index (κ2) is 24.4. The van der Waals surface area contributed by atoms with Gasteiger partial charge in [0.25, 0.3) is 0 Å². The normalized spacial score (nSPS) is 11.2. The molecule has 2 N–H and O–H groups in total. The number of unbranched alkanes of at least 4 members (excludes halogenated alkanes) is 2. The van der Waals surface area contributed by atoms with Crippen LogP contribution in [-0.2, 0) is 35.3 Å². The molecule has 0 aliphatic rings. The highest BCUT2D eigenvalue weighted by molar-refractivity contribution is 9.11. The van der Waals surface area contributed by atoms with Crippen LogP contribution in [0.25, 0.3) is 29.6 Å². The van der Waals surface area contributed by atoms with Crippen molar-refractivity contribution in [3.8, 4) is 10.6 Å². The number of carbonyl (C=O) groups excluding carboxylic acids is 2. The number of hydrogen-bond acceptors (Lipinski definition) is 14. The van der Waals surface area contributed by atoms with Crippen LogP contribution < -0.4 is 5.46 Å². The summed E-state index contributed by atoms with van der Waals surface area (Å²) in [6.07, 6.45) is 7.99. The van der Waals surface area contributed by atoms with Gasteiger partial charge in [0.2, 0.25) is 0 Å². The van der Waals surface area contributed by atoms with Crippen molar-refractivity contribution in [2.45, 2.75) is 79.1 Å². The van der Waals surface area contributed by atoms with Crippen LogP contribution in [-0.4, -0.2) is 38.7 Å². The zero-order valence-corrected chi connectivity index (χ0v) is 40.9. The van der Waals surface area contributed by atoms with E-state index >= 15 is 0 Å². The van der Waals surface area contributed by atoms with Crippen LogP contribution in [0.5, 0.6) is 0 Å². The molecule has 0 bridgehead atoms. The third kappa shape index (κ3) is 15.1. The summed E-state index contributed by atoms with van der Waals surface area (Å²) in [7, 11) is -1.44. The number of ketones is 2. The van der Waals surface area contributed by atoms with Crippen LogP contribution in [0.2, 0.25) is 0 Å². The molecule has 0 radical (unpaired) electrons. The van der Waals surface area contributed by atoms with Gasteiger partial charge < -0.3 is 10.0 Å². The lowest BCUT2D eigenvalue weighted by atomic mass is 9.80. The fourth-order valence-corrected chi connectivity index (χ4v) is 10.8. The molecule has 4 aromatic heterocycles. The molecule has 4 aromatic carbocycles. The molecule has 0 saturated carbocycles. The number of aryl methyl sites for hydroxylation is 2. The number of Topliss-reactive ketones (excluding diaryl/α,β-unsaturated/α-hetero) is 2. The molecule has 0 amide bonds. The molecule has 16 heteroatoms. The summed E-state index contributed by atoms with van der Waals surface area (Å²) in [6, 6.07) is 35.4.